The highest BCUT2D eigenvalue weighted by Crippen LogP contribution is 2.25. The third kappa shape index (κ3) is 3.17. The summed E-state index contributed by atoms with van der Waals surface area (Å²) in [5, 5.41) is 12.3. The van der Waals surface area contributed by atoms with E-state index in [1.807, 2.05) is 0 Å². The van der Waals surface area contributed by atoms with Crippen molar-refractivity contribution in [1.82, 2.24) is 15.8 Å². The van der Waals surface area contributed by atoms with Gasteiger partial charge in [-0.25, -0.2) is 0 Å². The lowest BCUT2D eigenvalue weighted by Crippen LogP contribution is -2.48. The van der Waals surface area contributed by atoms with Crippen LogP contribution in [-0.2, 0) is 11.2 Å². The second-order valence-electron chi connectivity index (χ2n) is 6.57. The van der Waals surface area contributed by atoms with Gasteiger partial charge in [0.15, 0.2) is 5.69 Å². The number of nitrogens with one attached hydrogen (secondary N) is 3. The average Bonchev–Trinajstić information content (AvgIpc) is 3.34. The molecule has 3 amide bonds. The normalized spacial score (nSPS) is 21.2. The molecular weight excluding hydrogens is 336 g/mol. The van der Waals surface area contributed by atoms with Crippen molar-refractivity contribution in [3.05, 3.63) is 47.3 Å². The van der Waals surface area contributed by atoms with Crippen LogP contribution >= 0.6 is 0 Å². The third-order valence-corrected chi connectivity index (χ3v) is 4.81. The fraction of sp³-hybridized carbons (Fsp3) is 0.333. The summed E-state index contributed by atoms with van der Waals surface area (Å²) >= 11 is 0. The van der Waals surface area contributed by atoms with Crippen LogP contribution in [0.2, 0.25) is 0 Å². The highest BCUT2D eigenvalue weighted by atomic mass is 16.5. The number of aromatic nitrogens is 1. The summed E-state index contributed by atoms with van der Waals surface area (Å²) < 4.78 is 4.68. The number of carbonyl (C=O) groups is 3. The zero-order valence-electron chi connectivity index (χ0n) is 14.0. The molecule has 1 saturated carbocycles. The first-order chi connectivity index (χ1) is 12.6. The number of hydrogen-bond acceptors (Lipinski definition) is 5. The van der Waals surface area contributed by atoms with Crippen LogP contribution in [0.25, 0.3) is 0 Å². The van der Waals surface area contributed by atoms with Crippen LogP contribution in [-0.4, -0.2) is 35.0 Å². The molecule has 1 aliphatic heterocycles. The van der Waals surface area contributed by atoms with Gasteiger partial charge < -0.3 is 20.5 Å². The minimum Gasteiger partial charge on any atom is -0.364 e. The van der Waals surface area contributed by atoms with Gasteiger partial charge >= 0.3 is 0 Å². The molecule has 2 aliphatic rings. The van der Waals surface area contributed by atoms with Gasteiger partial charge in [0.1, 0.15) is 6.26 Å². The Morgan fingerprint density at radius 2 is 1.88 bits per heavy atom. The summed E-state index contributed by atoms with van der Waals surface area (Å²) in [5.41, 5.74) is 2.31. The van der Waals surface area contributed by atoms with E-state index in [0.29, 0.717) is 5.56 Å². The number of fused-ring (bicyclic) bond motifs is 1. The lowest BCUT2D eigenvalue weighted by Gasteiger charge is -2.22. The zero-order valence-corrected chi connectivity index (χ0v) is 14.0. The van der Waals surface area contributed by atoms with E-state index in [2.05, 4.69) is 25.6 Å². The number of carbonyl (C=O) groups excluding carboxylic acids is 3. The largest absolute Gasteiger partial charge is 0.364 e. The number of hydrogen-bond donors (Lipinski definition) is 3. The van der Waals surface area contributed by atoms with E-state index in [-0.39, 0.29) is 41.9 Å². The summed E-state index contributed by atoms with van der Waals surface area (Å²) in [5.74, 6) is -0.587. The Balaban J connectivity index is 1.41. The van der Waals surface area contributed by atoms with Crippen LogP contribution in [0.5, 0.6) is 0 Å². The van der Waals surface area contributed by atoms with E-state index < -0.39 is 0 Å². The predicted molar refractivity (Wildman–Crippen MR) is 91.6 cm³/mol. The molecule has 2 aromatic rings. The van der Waals surface area contributed by atoms with Crippen molar-refractivity contribution in [3.63, 3.8) is 0 Å². The van der Waals surface area contributed by atoms with E-state index in [1.54, 1.807) is 18.2 Å². The molecule has 0 saturated heterocycles. The van der Waals surface area contributed by atoms with E-state index in [9.17, 15) is 14.4 Å². The van der Waals surface area contributed by atoms with Gasteiger partial charge in [-0.15, -0.1) is 0 Å². The molecule has 8 heteroatoms. The van der Waals surface area contributed by atoms with Crippen molar-refractivity contribution in [3.8, 4) is 0 Å². The Kier molecular flexibility index (Phi) is 4.16. The minimum absolute atomic E-state index is 0.0658. The Labute approximate surface area is 149 Å². The van der Waals surface area contributed by atoms with E-state index >= 15 is 0 Å². The Morgan fingerprint density at radius 3 is 2.62 bits per heavy atom. The quantitative estimate of drug-likeness (QED) is 0.765. The number of rotatable bonds is 4. The van der Waals surface area contributed by atoms with Gasteiger partial charge in [0, 0.05) is 29.4 Å². The van der Waals surface area contributed by atoms with E-state index in [4.69, 9.17) is 0 Å². The molecule has 8 nitrogen and oxygen atoms in total. The third-order valence-electron chi connectivity index (χ3n) is 4.81. The van der Waals surface area contributed by atoms with Crippen molar-refractivity contribution in [1.29, 1.82) is 0 Å². The summed E-state index contributed by atoms with van der Waals surface area (Å²) in [7, 11) is 0. The van der Waals surface area contributed by atoms with Gasteiger partial charge in [-0.1, -0.05) is 5.16 Å². The number of anilines is 1. The second kappa shape index (κ2) is 6.62. The van der Waals surface area contributed by atoms with Gasteiger partial charge in [0.25, 0.3) is 11.8 Å². The summed E-state index contributed by atoms with van der Waals surface area (Å²) in [6, 6.07) is 6.37. The van der Waals surface area contributed by atoms with Crippen molar-refractivity contribution in [2.45, 2.75) is 37.8 Å². The Morgan fingerprint density at radius 1 is 1.12 bits per heavy atom. The van der Waals surface area contributed by atoms with Crippen LogP contribution in [0.3, 0.4) is 0 Å². The van der Waals surface area contributed by atoms with Gasteiger partial charge in [0.2, 0.25) is 5.91 Å². The molecule has 134 valence electrons. The molecule has 0 spiro atoms. The maximum absolute atomic E-state index is 12.6. The van der Waals surface area contributed by atoms with Crippen LogP contribution in [0.4, 0.5) is 5.69 Å². The molecule has 26 heavy (non-hydrogen) atoms. The monoisotopic (exact) mass is 354 g/mol. The molecule has 3 N–H and O–H groups in total. The van der Waals surface area contributed by atoms with Gasteiger partial charge in [0.05, 0.1) is 6.42 Å². The molecule has 2 atom stereocenters. The minimum atomic E-state index is -0.313. The molecule has 1 aromatic heterocycles. The topological polar surface area (TPSA) is 113 Å². The van der Waals surface area contributed by atoms with Crippen molar-refractivity contribution in [2.75, 3.05) is 5.32 Å². The Bertz CT molecular complexity index is 862. The van der Waals surface area contributed by atoms with Crippen molar-refractivity contribution >= 4 is 23.4 Å². The second-order valence-corrected chi connectivity index (χ2v) is 6.57. The lowest BCUT2D eigenvalue weighted by atomic mass is 10.1. The first-order valence-corrected chi connectivity index (χ1v) is 8.55. The summed E-state index contributed by atoms with van der Waals surface area (Å²) in [6.07, 6.45) is 4.13. The molecule has 0 bridgehead atoms. The highest BCUT2D eigenvalue weighted by Gasteiger charge is 2.31. The molecule has 0 unspecified atom stereocenters. The van der Waals surface area contributed by atoms with Gasteiger partial charge in [-0.2, -0.15) is 0 Å². The SMILES string of the molecule is O=C1Cc2cc(C(=O)N[C@@H]3CCC[C@@H]3NC(=O)c3ccon3)ccc2N1. The maximum Gasteiger partial charge on any atom is 0.273 e. The molecule has 2 heterocycles. The molecule has 1 aliphatic carbocycles. The average molecular weight is 354 g/mol. The lowest BCUT2D eigenvalue weighted by molar-refractivity contribution is -0.115. The van der Waals surface area contributed by atoms with E-state index in [0.717, 1.165) is 30.5 Å². The van der Waals surface area contributed by atoms with E-state index in [1.165, 1.54) is 12.3 Å². The number of benzene rings is 1. The Hall–Kier alpha value is -3.16. The van der Waals surface area contributed by atoms with Crippen molar-refractivity contribution in [2.24, 2.45) is 0 Å². The molecule has 4 rings (SSSR count). The number of nitrogens with zero attached hydrogens (tertiary/aromatic N) is 1. The van der Waals surface area contributed by atoms with Crippen LogP contribution in [0, 0.1) is 0 Å². The van der Waals surface area contributed by atoms with Crippen LogP contribution in [0.15, 0.2) is 35.1 Å². The zero-order chi connectivity index (χ0) is 18.1. The standard InChI is InChI=1S/C18H18N4O4/c23-16-9-11-8-10(4-5-12(11)19-16)17(24)20-13-2-1-3-14(13)21-18(25)15-6-7-26-22-15/h4-8,13-14H,1-3,9H2,(H,19,23)(H,20,24)(H,21,25)/t13-,14+/m1/s1. The highest BCUT2D eigenvalue weighted by molar-refractivity contribution is 6.01. The van der Waals surface area contributed by atoms with Gasteiger partial charge in [-0.05, 0) is 43.0 Å². The fourth-order valence-corrected chi connectivity index (χ4v) is 3.50. The fourth-order valence-electron chi connectivity index (χ4n) is 3.50. The first kappa shape index (κ1) is 16.3. The smallest absolute Gasteiger partial charge is 0.273 e. The maximum atomic E-state index is 12.6. The van der Waals surface area contributed by atoms with Crippen LogP contribution < -0.4 is 16.0 Å². The molecule has 0 radical (unpaired) electrons. The number of amides is 3. The van der Waals surface area contributed by atoms with Gasteiger partial charge in [-0.3, -0.25) is 14.4 Å². The van der Waals surface area contributed by atoms with Crippen molar-refractivity contribution < 1.29 is 18.9 Å². The molecular formula is C18H18N4O4. The van der Waals surface area contributed by atoms with Crippen LogP contribution in [0.1, 0.15) is 45.7 Å². The summed E-state index contributed by atoms with van der Waals surface area (Å²) in [4.78, 5) is 36.2. The molecule has 1 aromatic carbocycles. The predicted octanol–water partition coefficient (Wildman–Crippen LogP) is 1.25. The summed E-state index contributed by atoms with van der Waals surface area (Å²) in [6.45, 7) is 0. The first-order valence-electron chi connectivity index (χ1n) is 8.55. The molecule has 1 fully saturated rings.